The summed E-state index contributed by atoms with van der Waals surface area (Å²) in [5, 5.41) is 1.41. The number of hydrogen-bond donors (Lipinski definition) is 1. The zero-order valence-corrected chi connectivity index (χ0v) is 25.2. The third kappa shape index (κ3) is 7.54. The van der Waals surface area contributed by atoms with Gasteiger partial charge in [0.25, 0.3) is 11.5 Å². The van der Waals surface area contributed by atoms with Crippen molar-refractivity contribution in [3.05, 3.63) is 75.0 Å². The van der Waals surface area contributed by atoms with Gasteiger partial charge in [0.2, 0.25) is 0 Å². The van der Waals surface area contributed by atoms with Gasteiger partial charge in [0.1, 0.15) is 5.56 Å². The molecule has 1 fully saturated rings. The minimum Gasteiger partial charge on any atom is -0.462 e. The standard InChI is InChI=1S/C28H33ClN4O4.CH3Cl.H3N/c1-4-37-28(36)24-25(22-8-5-6-9-23(22)33(27(24)35)15-7-14-30(2)3)31-16-18-32(19-17-31)26(34)20-10-12-21(29)13-11-20;1-2;/h5-6,8-13H,4,7,14-19H2,1-3H3;1H3;1H3. The number of para-hydroxylation sites is 1. The molecule has 0 spiro atoms. The van der Waals surface area contributed by atoms with E-state index in [-0.39, 0.29) is 29.8 Å². The molecule has 0 saturated carbocycles. The van der Waals surface area contributed by atoms with Crippen LogP contribution in [0.5, 0.6) is 0 Å². The number of carbonyl (C=O) groups is 2. The number of rotatable bonds is 8. The quantitative estimate of drug-likeness (QED) is 0.297. The highest BCUT2D eigenvalue weighted by Crippen LogP contribution is 2.31. The highest BCUT2D eigenvalue weighted by molar-refractivity contribution is 6.30. The van der Waals surface area contributed by atoms with Crippen LogP contribution in [0.1, 0.15) is 34.1 Å². The van der Waals surface area contributed by atoms with Crippen molar-refractivity contribution in [3.8, 4) is 0 Å². The van der Waals surface area contributed by atoms with Crippen LogP contribution in [-0.2, 0) is 11.3 Å². The molecule has 40 heavy (non-hydrogen) atoms. The molecule has 11 heteroatoms. The van der Waals surface area contributed by atoms with Gasteiger partial charge in [0, 0.05) is 55.1 Å². The Bertz CT molecular complexity index is 1340. The number of aryl methyl sites for hydroxylation is 1. The van der Waals surface area contributed by atoms with E-state index in [1.807, 2.05) is 43.3 Å². The van der Waals surface area contributed by atoms with Gasteiger partial charge in [0.15, 0.2) is 0 Å². The van der Waals surface area contributed by atoms with Crippen LogP contribution < -0.4 is 16.6 Å². The van der Waals surface area contributed by atoms with Gasteiger partial charge in [-0.25, -0.2) is 4.79 Å². The number of nitrogens with zero attached hydrogens (tertiary/aromatic N) is 4. The van der Waals surface area contributed by atoms with Crippen LogP contribution in [-0.4, -0.2) is 86.1 Å². The lowest BCUT2D eigenvalue weighted by Crippen LogP contribution is -2.49. The number of hydrogen-bond acceptors (Lipinski definition) is 7. The largest absolute Gasteiger partial charge is 0.462 e. The van der Waals surface area contributed by atoms with E-state index in [4.69, 9.17) is 16.3 Å². The summed E-state index contributed by atoms with van der Waals surface area (Å²) in [4.78, 5) is 45.8. The Labute approximate surface area is 245 Å². The van der Waals surface area contributed by atoms with Gasteiger partial charge >= 0.3 is 5.97 Å². The van der Waals surface area contributed by atoms with Gasteiger partial charge in [-0.15, -0.1) is 11.6 Å². The number of aromatic nitrogens is 1. The fourth-order valence-corrected chi connectivity index (χ4v) is 4.91. The van der Waals surface area contributed by atoms with Crippen LogP contribution in [0.25, 0.3) is 10.9 Å². The molecular formula is C29H39Cl2N5O4. The second-order valence-electron chi connectivity index (χ2n) is 9.36. The number of carbonyl (C=O) groups excluding carboxylic acids is 2. The second-order valence-corrected chi connectivity index (χ2v) is 9.80. The number of esters is 1. The summed E-state index contributed by atoms with van der Waals surface area (Å²) in [6.45, 7) is 5.12. The van der Waals surface area contributed by atoms with E-state index >= 15 is 0 Å². The molecule has 2 heterocycles. The van der Waals surface area contributed by atoms with Crippen molar-refractivity contribution in [1.29, 1.82) is 0 Å². The predicted molar refractivity (Wildman–Crippen MR) is 164 cm³/mol. The van der Waals surface area contributed by atoms with Crippen molar-refractivity contribution in [3.63, 3.8) is 0 Å². The van der Waals surface area contributed by atoms with Crippen LogP contribution in [0.2, 0.25) is 5.02 Å². The zero-order chi connectivity index (χ0) is 28.5. The van der Waals surface area contributed by atoms with E-state index in [9.17, 15) is 14.4 Å². The van der Waals surface area contributed by atoms with E-state index < -0.39 is 5.97 Å². The molecule has 1 aliphatic heterocycles. The van der Waals surface area contributed by atoms with E-state index in [1.165, 1.54) is 6.38 Å². The van der Waals surface area contributed by atoms with Crippen molar-refractivity contribution in [2.45, 2.75) is 19.9 Å². The normalized spacial score (nSPS) is 13.0. The Morgan fingerprint density at radius 3 is 2.20 bits per heavy atom. The van der Waals surface area contributed by atoms with E-state index in [0.717, 1.165) is 23.9 Å². The lowest BCUT2D eigenvalue weighted by atomic mass is 10.1. The highest BCUT2D eigenvalue weighted by Gasteiger charge is 2.30. The Morgan fingerprint density at radius 1 is 0.975 bits per heavy atom. The number of pyridine rings is 1. The Morgan fingerprint density at radius 2 is 1.60 bits per heavy atom. The van der Waals surface area contributed by atoms with Crippen molar-refractivity contribution < 1.29 is 14.3 Å². The summed E-state index contributed by atoms with van der Waals surface area (Å²) in [5.41, 5.74) is 1.67. The third-order valence-corrected chi connectivity index (χ3v) is 6.84. The van der Waals surface area contributed by atoms with Crippen LogP contribution in [0.15, 0.2) is 53.3 Å². The minimum absolute atomic E-state index is 0. The molecule has 1 aromatic heterocycles. The minimum atomic E-state index is -0.616. The monoisotopic (exact) mass is 591 g/mol. The van der Waals surface area contributed by atoms with Crippen molar-refractivity contribution in [1.82, 2.24) is 20.5 Å². The average molecular weight is 593 g/mol. The van der Waals surface area contributed by atoms with Crippen LogP contribution >= 0.6 is 23.2 Å². The predicted octanol–water partition coefficient (Wildman–Crippen LogP) is 4.76. The summed E-state index contributed by atoms with van der Waals surface area (Å²) in [6, 6.07) is 14.5. The van der Waals surface area contributed by atoms with E-state index in [1.54, 1.807) is 40.7 Å². The van der Waals surface area contributed by atoms with E-state index in [0.29, 0.717) is 49.0 Å². The molecule has 2 aromatic carbocycles. The molecular weight excluding hydrogens is 553 g/mol. The van der Waals surface area contributed by atoms with Crippen molar-refractivity contribution >= 4 is 51.7 Å². The summed E-state index contributed by atoms with van der Waals surface area (Å²) in [5.74, 6) is -0.683. The lowest BCUT2D eigenvalue weighted by molar-refractivity contribution is 0.0523. The molecule has 0 unspecified atom stereocenters. The molecule has 1 aliphatic rings. The van der Waals surface area contributed by atoms with Crippen molar-refractivity contribution in [2.24, 2.45) is 0 Å². The smallest absolute Gasteiger partial charge is 0.345 e. The maximum atomic E-state index is 13.8. The van der Waals surface area contributed by atoms with E-state index in [2.05, 4.69) is 16.5 Å². The Kier molecular flexibility index (Phi) is 12.9. The first kappa shape index (κ1) is 33.1. The maximum Gasteiger partial charge on any atom is 0.345 e. The summed E-state index contributed by atoms with van der Waals surface area (Å²) < 4.78 is 7.04. The summed E-state index contributed by atoms with van der Waals surface area (Å²) in [6.07, 6.45) is 2.24. The molecule has 3 aromatic rings. The fourth-order valence-electron chi connectivity index (χ4n) is 4.78. The molecule has 4 rings (SSSR count). The first-order valence-corrected chi connectivity index (χ1v) is 14.1. The molecule has 0 bridgehead atoms. The van der Waals surface area contributed by atoms with Crippen LogP contribution in [0.4, 0.5) is 5.69 Å². The van der Waals surface area contributed by atoms with Gasteiger partial charge in [-0.05, 0) is 64.3 Å². The zero-order valence-electron chi connectivity index (χ0n) is 23.7. The van der Waals surface area contributed by atoms with Gasteiger partial charge in [-0.2, -0.15) is 0 Å². The van der Waals surface area contributed by atoms with Crippen molar-refractivity contribution in [2.75, 3.05) is 64.7 Å². The molecule has 0 atom stereocenters. The lowest BCUT2D eigenvalue weighted by Gasteiger charge is -2.37. The van der Waals surface area contributed by atoms with Gasteiger partial charge in [0.05, 0.1) is 17.8 Å². The topological polar surface area (TPSA) is 110 Å². The molecule has 1 amide bonds. The summed E-state index contributed by atoms with van der Waals surface area (Å²) >= 11 is 10.6. The van der Waals surface area contributed by atoms with Crippen LogP contribution in [0, 0.1) is 0 Å². The van der Waals surface area contributed by atoms with Crippen LogP contribution in [0.3, 0.4) is 0 Å². The average Bonchev–Trinajstić information content (AvgIpc) is 2.95. The Hall–Kier alpha value is -3.11. The second kappa shape index (κ2) is 15.6. The number of ether oxygens (including phenoxy) is 1. The SMILES string of the molecule is CCOC(=O)c1c(N2CCN(C(=O)c3ccc(Cl)cc3)CC2)c2ccccc2n(CCCN(C)C)c1=O.CCl.N. The number of amides is 1. The number of benzene rings is 2. The van der Waals surface area contributed by atoms with Gasteiger partial charge < -0.3 is 30.2 Å². The van der Waals surface area contributed by atoms with Gasteiger partial charge in [-0.1, -0.05) is 29.8 Å². The Balaban J connectivity index is 0.00000183. The fraction of sp³-hybridized carbons (Fsp3) is 0.414. The number of piperazine rings is 1. The highest BCUT2D eigenvalue weighted by atomic mass is 35.5. The molecule has 9 nitrogen and oxygen atoms in total. The maximum absolute atomic E-state index is 13.8. The molecule has 0 radical (unpaired) electrons. The first-order chi connectivity index (χ1) is 18.8. The third-order valence-electron chi connectivity index (χ3n) is 6.59. The molecule has 0 aliphatic carbocycles. The first-order valence-electron chi connectivity index (χ1n) is 13.0. The number of halogens is 2. The molecule has 218 valence electrons. The number of fused-ring (bicyclic) bond motifs is 1. The molecule has 3 N–H and O–H groups in total. The number of alkyl halides is 1. The van der Waals surface area contributed by atoms with Gasteiger partial charge in [-0.3, -0.25) is 9.59 Å². The number of anilines is 1. The molecule has 1 saturated heterocycles. The summed E-state index contributed by atoms with van der Waals surface area (Å²) in [7, 11) is 3.98.